The van der Waals surface area contributed by atoms with E-state index in [1.165, 1.54) is 21.9 Å². The molecule has 7 nitrogen and oxygen atoms in total. The molecule has 0 aliphatic carbocycles. The fourth-order valence-corrected chi connectivity index (χ4v) is 4.09. The number of nitrogens with zero attached hydrogens (tertiary/aromatic N) is 3. The number of ether oxygens (including phenoxy) is 1. The van der Waals surface area contributed by atoms with Crippen LogP contribution in [0, 0.1) is 6.92 Å². The van der Waals surface area contributed by atoms with Gasteiger partial charge in [-0.15, -0.1) is 0 Å². The van der Waals surface area contributed by atoms with Crippen molar-refractivity contribution < 1.29 is 9.53 Å². The van der Waals surface area contributed by atoms with Crippen molar-refractivity contribution in [3.8, 4) is 5.75 Å². The van der Waals surface area contributed by atoms with E-state index in [9.17, 15) is 9.59 Å². The van der Waals surface area contributed by atoms with E-state index >= 15 is 0 Å². The number of carbonyl (C=O) groups excluding carboxylic acids is 1. The fraction of sp³-hybridized carbons (Fsp3) is 0.250. The van der Waals surface area contributed by atoms with Gasteiger partial charge in [0.15, 0.2) is 0 Å². The number of rotatable bonds is 8. The Morgan fingerprint density at radius 2 is 1.97 bits per heavy atom. The number of aromatic nitrogens is 3. The summed E-state index contributed by atoms with van der Waals surface area (Å²) in [6, 6.07) is 16.0. The summed E-state index contributed by atoms with van der Waals surface area (Å²) in [5, 5.41) is 8.14. The summed E-state index contributed by atoms with van der Waals surface area (Å²) in [6.45, 7) is 4.24. The van der Waals surface area contributed by atoms with Gasteiger partial charge in [-0.2, -0.15) is 9.61 Å². The molecule has 4 aromatic rings. The van der Waals surface area contributed by atoms with Crippen molar-refractivity contribution in [1.82, 2.24) is 14.6 Å². The van der Waals surface area contributed by atoms with Crippen molar-refractivity contribution in [3.63, 3.8) is 0 Å². The van der Waals surface area contributed by atoms with Crippen LogP contribution in [0.15, 0.2) is 59.4 Å². The molecule has 2 aromatic heterocycles. The third-order valence-electron chi connectivity index (χ3n) is 4.88. The number of hydrogen-bond acceptors (Lipinski definition) is 6. The van der Waals surface area contributed by atoms with Gasteiger partial charge in [0.1, 0.15) is 17.4 Å². The topological polar surface area (TPSA) is 85.6 Å². The molecule has 0 atom stereocenters. The molecule has 0 saturated heterocycles. The molecular weight excluding hydrogens is 424 g/mol. The van der Waals surface area contributed by atoms with Gasteiger partial charge in [0.2, 0.25) is 4.96 Å². The number of unbranched alkanes of at least 4 members (excludes halogenated alkanes) is 1. The van der Waals surface area contributed by atoms with Gasteiger partial charge < -0.3 is 10.1 Å². The second-order valence-electron chi connectivity index (χ2n) is 7.52. The number of anilines is 1. The van der Waals surface area contributed by atoms with E-state index in [2.05, 4.69) is 22.3 Å². The summed E-state index contributed by atoms with van der Waals surface area (Å²) in [6.07, 6.45) is 2.94. The molecule has 0 bridgehead atoms. The Bertz CT molecular complexity index is 1290. The summed E-state index contributed by atoms with van der Waals surface area (Å²) in [5.41, 5.74) is 2.63. The second-order valence-corrected chi connectivity index (χ2v) is 8.56. The second kappa shape index (κ2) is 9.74. The molecular formula is C24H24N4O3S. The van der Waals surface area contributed by atoms with E-state index in [0.29, 0.717) is 27.7 Å². The highest BCUT2D eigenvalue weighted by molar-refractivity contribution is 7.16. The molecule has 0 unspecified atom stereocenters. The minimum atomic E-state index is -0.216. The number of hydrogen-bond donors (Lipinski definition) is 1. The number of nitrogens with one attached hydrogen (secondary N) is 1. The zero-order valence-electron chi connectivity index (χ0n) is 18.0. The minimum Gasteiger partial charge on any atom is -0.487 e. The molecule has 8 heteroatoms. The van der Waals surface area contributed by atoms with Gasteiger partial charge in [-0.1, -0.05) is 48.4 Å². The Balaban J connectivity index is 1.43. The number of aryl methyl sites for hydroxylation is 2. The highest BCUT2D eigenvalue weighted by Gasteiger charge is 2.10. The molecule has 0 saturated carbocycles. The lowest BCUT2D eigenvalue weighted by Gasteiger charge is -2.09. The van der Waals surface area contributed by atoms with Crippen molar-refractivity contribution in [2.75, 3.05) is 5.32 Å². The van der Waals surface area contributed by atoms with Gasteiger partial charge in [0, 0.05) is 29.8 Å². The summed E-state index contributed by atoms with van der Waals surface area (Å²) >= 11 is 1.43. The predicted octanol–water partition coefficient (Wildman–Crippen LogP) is 4.63. The molecule has 0 aliphatic heterocycles. The Labute approximate surface area is 189 Å². The highest BCUT2D eigenvalue weighted by Crippen LogP contribution is 2.20. The first-order valence-electron chi connectivity index (χ1n) is 10.5. The SMILES string of the molecule is CCCCc1nn2c(=O)cc(COc3cccc(NC(=O)c4ccc(C)cc4)c3)nc2s1. The van der Waals surface area contributed by atoms with Crippen LogP contribution < -0.4 is 15.6 Å². The zero-order valence-corrected chi connectivity index (χ0v) is 18.8. The predicted molar refractivity (Wildman–Crippen MR) is 126 cm³/mol. The summed E-state index contributed by atoms with van der Waals surface area (Å²) in [7, 11) is 0. The first-order chi connectivity index (χ1) is 15.5. The summed E-state index contributed by atoms with van der Waals surface area (Å²) < 4.78 is 7.18. The summed E-state index contributed by atoms with van der Waals surface area (Å²) in [5.74, 6) is 0.382. The van der Waals surface area contributed by atoms with Crippen LogP contribution in [0.3, 0.4) is 0 Å². The van der Waals surface area contributed by atoms with Crippen LogP contribution in [0.1, 0.15) is 46.4 Å². The lowest BCUT2D eigenvalue weighted by atomic mass is 10.1. The van der Waals surface area contributed by atoms with E-state index in [1.54, 1.807) is 36.4 Å². The molecule has 2 aromatic carbocycles. The van der Waals surface area contributed by atoms with Crippen LogP contribution in [0.4, 0.5) is 5.69 Å². The van der Waals surface area contributed by atoms with E-state index in [4.69, 9.17) is 4.74 Å². The lowest BCUT2D eigenvalue weighted by molar-refractivity contribution is 0.102. The Hall–Kier alpha value is -3.52. The standard InChI is InChI=1S/C24H24N4O3S/c1-3-4-8-21-27-28-22(29)14-19(26-24(28)32-21)15-31-20-7-5-6-18(13-20)25-23(30)17-11-9-16(2)10-12-17/h5-7,9-14H,3-4,8,15H2,1-2H3,(H,25,30). The van der Waals surface area contributed by atoms with Crippen LogP contribution in [0.2, 0.25) is 0 Å². The Kier molecular flexibility index (Phi) is 6.61. The van der Waals surface area contributed by atoms with E-state index in [-0.39, 0.29) is 18.1 Å². The van der Waals surface area contributed by atoms with Gasteiger partial charge in [-0.25, -0.2) is 4.98 Å². The van der Waals surface area contributed by atoms with Crippen molar-refractivity contribution in [1.29, 1.82) is 0 Å². The Morgan fingerprint density at radius 3 is 2.75 bits per heavy atom. The molecule has 0 radical (unpaired) electrons. The van der Waals surface area contributed by atoms with Gasteiger partial charge in [-0.05, 0) is 37.6 Å². The largest absolute Gasteiger partial charge is 0.487 e. The fourth-order valence-electron chi connectivity index (χ4n) is 3.13. The quantitative estimate of drug-likeness (QED) is 0.425. The van der Waals surface area contributed by atoms with Crippen molar-refractivity contribution in [2.45, 2.75) is 39.7 Å². The molecule has 4 rings (SSSR count). The molecule has 32 heavy (non-hydrogen) atoms. The zero-order chi connectivity index (χ0) is 22.5. The molecule has 1 N–H and O–H groups in total. The van der Waals surface area contributed by atoms with Crippen LogP contribution >= 0.6 is 11.3 Å². The maximum Gasteiger partial charge on any atom is 0.275 e. The van der Waals surface area contributed by atoms with E-state index in [1.807, 2.05) is 19.1 Å². The lowest BCUT2D eigenvalue weighted by Crippen LogP contribution is -2.16. The molecule has 0 fully saturated rings. The van der Waals surface area contributed by atoms with Crippen LogP contribution in [0.25, 0.3) is 4.96 Å². The normalized spacial score (nSPS) is 10.9. The van der Waals surface area contributed by atoms with Crippen LogP contribution in [0.5, 0.6) is 5.75 Å². The van der Waals surface area contributed by atoms with Gasteiger partial charge in [0.25, 0.3) is 11.5 Å². The smallest absolute Gasteiger partial charge is 0.275 e. The number of carbonyl (C=O) groups is 1. The number of amides is 1. The van der Waals surface area contributed by atoms with Crippen LogP contribution in [-0.4, -0.2) is 20.5 Å². The Morgan fingerprint density at radius 1 is 1.16 bits per heavy atom. The van der Waals surface area contributed by atoms with Crippen LogP contribution in [-0.2, 0) is 13.0 Å². The van der Waals surface area contributed by atoms with Gasteiger partial charge in [0.05, 0.1) is 5.69 Å². The van der Waals surface area contributed by atoms with Crippen molar-refractivity contribution in [2.24, 2.45) is 0 Å². The van der Waals surface area contributed by atoms with Gasteiger partial charge >= 0.3 is 0 Å². The maximum absolute atomic E-state index is 12.4. The third kappa shape index (κ3) is 5.20. The first kappa shape index (κ1) is 21.7. The maximum atomic E-state index is 12.4. The van der Waals surface area contributed by atoms with E-state index in [0.717, 1.165) is 29.8 Å². The summed E-state index contributed by atoms with van der Waals surface area (Å²) in [4.78, 5) is 29.9. The molecule has 0 spiro atoms. The van der Waals surface area contributed by atoms with Gasteiger partial charge in [-0.3, -0.25) is 9.59 Å². The number of fused-ring (bicyclic) bond motifs is 1. The first-order valence-corrected chi connectivity index (χ1v) is 11.3. The molecule has 2 heterocycles. The average molecular weight is 449 g/mol. The van der Waals surface area contributed by atoms with E-state index < -0.39 is 0 Å². The molecule has 0 aliphatic rings. The number of benzene rings is 2. The van der Waals surface area contributed by atoms with Crippen molar-refractivity contribution in [3.05, 3.63) is 86.8 Å². The minimum absolute atomic E-state index is 0.142. The average Bonchev–Trinajstić information content (AvgIpc) is 3.20. The van der Waals surface area contributed by atoms with Crippen molar-refractivity contribution >= 4 is 27.9 Å². The monoisotopic (exact) mass is 448 g/mol. The third-order valence-corrected chi connectivity index (χ3v) is 5.84. The molecule has 164 valence electrons. The highest BCUT2D eigenvalue weighted by atomic mass is 32.1. The molecule has 1 amide bonds.